The number of aryl methyl sites for hydroxylation is 3. The molecule has 0 aliphatic rings. The predicted molar refractivity (Wildman–Crippen MR) is 176 cm³/mol. The van der Waals surface area contributed by atoms with E-state index < -0.39 is 0 Å². The van der Waals surface area contributed by atoms with Crippen LogP contribution in [0, 0.1) is 36.7 Å². The second kappa shape index (κ2) is 10.9. The van der Waals surface area contributed by atoms with Crippen molar-refractivity contribution in [3.63, 3.8) is 0 Å². The molecule has 0 atom stereocenters. The van der Waals surface area contributed by atoms with Gasteiger partial charge in [-0.3, -0.25) is 0 Å². The first kappa shape index (κ1) is 27.5. The summed E-state index contributed by atoms with van der Waals surface area (Å²) >= 11 is 2.43. The fourth-order valence-electron chi connectivity index (χ4n) is 6.08. The Labute approximate surface area is 272 Å². The third-order valence-corrected chi connectivity index (χ3v) is 9.32. The molecule has 45 heavy (non-hydrogen) atoms. The zero-order valence-corrected chi connectivity index (χ0v) is 27.3. The second-order valence-electron chi connectivity index (χ2n) is 11.3. The Bertz CT molecular complexity index is 2450. The standard InChI is InChI=1S/C39H28N4O.Pt/c1-26-19-30(42-25-41(29-11-5-4-6-12-29)37-21-27(2)28(3)22-38(37)42)23-32(20-26)44-31-16-17-34-33-13-7-8-14-35(33)43(36(34)24-31)39-15-9-10-18-40-39;/h4-22H,1-3H3;/q-2;. The molecule has 0 aliphatic carbocycles. The maximum atomic E-state index is 6.54. The minimum absolute atomic E-state index is 0.619. The van der Waals surface area contributed by atoms with Gasteiger partial charge in [-0.25, -0.2) is 0 Å². The number of benzene rings is 5. The van der Waals surface area contributed by atoms with Crippen LogP contribution in [-0.4, -0.2) is 18.7 Å². The zero-order valence-electron chi connectivity index (χ0n) is 25.0. The summed E-state index contributed by atoms with van der Waals surface area (Å²) in [6.45, 7) is 6.42. The Morgan fingerprint density at radius 2 is 1.36 bits per heavy atom. The van der Waals surface area contributed by atoms with Crippen LogP contribution in [0.1, 0.15) is 16.7 Å². The molecule has 5 nitrogen and oxygen atoms in total. The van der Waals surface area contributed by atoms with Gasteiger partial charge in [0.05, 0.1) is 0 Å². The summed E-state index contributed by atoms with van der Waals surface area (Å²) in [6, 6.07) is 44.8. The summed E-state index contributed by atoms with van der Waals surface area (Å²) < 4.78 is 14.3. The average Bonchev–Trinajstić information content (AvgIpc) is 3.52. The van der Waals surface area contributed by atoms with Crippen molar-refractivity contribution in [2.75, 3.05) is 0 Å². The average molecular weight is 764 g/mol. The summed E-state index contributed by atoms with van der Waals surface area (Å²) in [5.74, 6) is 2.09. The number of fused-ring (bicyclic) bond motifs is 4. The summed E-state index contributed by atoms with van der Waals surface area (Å²) in [4.78, 5) is 4.65. The monoisotopic (exact) mass is 763 g/mol. The Morgan fingerprint density at radius 1 is 0.622 bits per heavy atom. The number of imidazole rings is 1. The molecule has 0 fully saturated rings. The summed E-state index contributed by atoms with van der Waals surface area (Å²) in [6.07, 6.45) is 1.82. The minimum atomic E-state index is 0.619. The molecule has 8 aromatic rings. The van der Waals surface area contributed by atoms with E-state index in [4.69, 9.17) is 4.74 Å². The van der Waals surface area contributed by atoms with Gasteiger partial charge < -0.3 is 0 Å². The van der Waals surface area contributed by atoms with Crippen molar-refractivity contribution in [3.05, 3.63) is 148 Å². The van der Waals surface area contributed by atoms with Crippen molar-refractivity contribution >= 4 is 32.8 Å². The molecule has 8 rings (SSSR count). The summed E-state index contributed by atoms with van der Waals surface area (Å²) in [5.41, 5.74) is 9.87. The molecule has 0 aliphatic heterocycles. The van der Waals surface area contributed by atoms with Crippen molar-refractivity contribution in [2.24, 2.45) is 0 Å². The molecule has 0 bridgehead atoms. The van der Waals surface area contributed by atoms with Crippen LogP contribution in [-0.2, 0) is 19.4 Å². The van der Waals surface area contributed by atoms with E-state index in [-0.39, 0.29) is 0 Å². The van der Waals surface area contributed by atoms with Crippen LogP contribution in [0.3, 0.4) is 0 Å². The van der Waals surface area contributed by atoms with Crippen molar-refractivity contribution in [1.82, 2.24) is 18.7 Å². The van der Waals surface area contributed by atoms with Crippen molar-refractivity contribution in [1.29, 1.82) is 0 Å². The van der Waals surface area contributed by atoms with E-state index in [1.54, 1.807) is 0 Å². The summed E-state index contributed by atoms with van der Waals surface area (Å²) in [5, 5.41) is 2.25. The molecule has 0 N–H and O–H groups in total. The first-order valence-corrected chi connectivity index (χ1v) is 15.9. The first-order valence-electron chi connectivity index (χ1n) is 14.8. The van der Waals surface area contributed by atoms with Crippen LogP contribution in [0.25, 0.3) is 50.0 Å². The Kier molecular flexibility index (Phi) is 6.65. The van der Waals surface area contributed by atoms with E-state index in [1.807, 2.05) is 42.6 Å². The molecule has 0 spiro atoms. The Hall–Kier alpha value is -4.99. The van der Waals surface area contributed by atoms with Gasteiger partial charge >= 0.3 is 243 Å². The van der Waals surface area contributed by atoms with Crippen LogP contribution in [0.15, 0.2) is 115 Å². The molecule has 5 aromatic carbocycles. The zero-order chi connectivity index (χ0) is 30.7. The third kappa shape index (κ3) is 4.67. The van der Waals surface area contributed by atoms with Gasteiger partial charge in [-0.2, -0.15) is 0 Å². The second-order valence-corrected chi connectivity index (χ2v) is 12.3. The number of ether oxygens (including phenoxy) is 1. The Balaban J connectivity index is 1.27. The summed E-state index contributed by atoms with van der Waals surface area (Å²) in [7, 11) is 0. The van der Waals surface area contributed by atoms with Gasteiger partial charge in [-0.1, -0.05) is 18.2 Å². The van der Waals surface area contributed by atoms with Crippen molar-refractivity contribution in [2.45, 2.75) is 20.8 Å². The van der Waals surface area contributed by atoms with Gasteiger partial charge in [0.25, 0.3) is 0 Å². The fourth-order valence-corrected chi connectivity index (χ4v) is 7.19. The number of hydrogen-bond acceptors (Lipinski definition) is 2. The van der Waals surface area contributed by atoms with Crippen molar-refractivity contribution < 1.29 is 24.1 Å². The first-order chi connectivity index (χ1) is 22.0. The van der Waals surface area contributed by atoms with Crippen LogP contribution in [0.2, 0.25) is 0 Å². The van der Waals surface area contributed by atoms with Crippen LogP contribution in [0.5, 0.6) is 11.5 Å². The molecule has 3 heterocycles. The predicted octanol–water partition coefficient (Wildman–Crippen LogP) is 9.31. The van der Waals surface area contributed by atoms with Gasteiger partial charge in [0, 0.05) is 6.20 Å². The number of pyridine rings is 1. The van der Waals surface area contributed by atoms with E-state index in [9.17, 15) is 0 Å². The number of aromatic nitrogens is 4. The van der Waals surface area contributed by atoms with Gasteiger partial charge in [0.15, 0.2) is 0 Å². The van der Waals surface area contributed by atoms with Gasteiger partial charge in [-0.05, 0) is 6.07 Å². The van der Waals surface area contributed by atoms with Gasteiger partial charge in [0.2, 0.25) is 0 Å². The quantitative estimate of drug-likeness (QED) is 0.164. The third-order valence-electron chi connectivity index (χ3n) is 8.30. The normalized spacial score (nSPS) is 11.6. The van der Waals surface area contributed by atoms with E-state index in [0.29, 0.717) is 11.5 Å². The molecule has 3 aromatic heterocycles. The number of nitrogens with zero attached hydrogens (tertiary/aromatic N) is 4. The molecule has 0 saturated heterocycles. The molecule has 0 unspecified atom stereocenters. The SMILES string of the molecule is Cc1cc(Oc2[c-]c3c(cc2)c2ccccc2n3-c2ccccn2)[c-]c(-n2[c](=[Pt])n(-c3ccccc3)c3cc(C)c(C)cc32)c1. The fraction of sp³-hybridized carbons (Fsp3) is 0.0769. The molecular formula is C39H28N4OPt-2. The van der Waals surface area contributed by atoms with Gasteiger partial charge in [-0.15, -0.1) is 0 Å². The van der Waals surface area contributed by atoms with E-state index >= 15 is 0 Å². The topological polar surface area (TPSA) is 36.9 Å². The van der Waals surface area contributed by atoms with Crippen molar-refractivity contribution in [3.8, 4) is 28.7 Å². The number of para-hydroxylation sites is 2. The van der Waals surface area contributed by atoms with E-state index in [0.717, 1.165) is 59.4 Å². The molecule has 222 valence electrons. The molecule has 0 radical (unpaired) electrons. The molecule has 6 heteroatoms. The van der Waals surface area contributed by atoms with Crippen LogP contribution in [0.4, 0.5) is 0 Å². The molecular weight excluding hydrogens is 736 g/mol. The van der Waals surface area contributed by atoms with E-state index in [2.05, 4.69) is 144 Å². The van der Waals surface area contributed by atoms with Crippen LogP contribution >= 0.6 is 0 Å². The number of rotatable bonds is 5. The van der Waals surface area contributed by atoms with E-state index in [1.165, 1.54) is 11.1 Å². The van der Waals surface area contributed by atoms with Crippen LogP contribution < -0.4 is 4.74 Å². The van der Waals surface area contributed by atoms with Gasteiger partial charge in [0.1, 0.15) is 0 Å². The Morgan fingerprint density at radius 3 is 2.13 bits per heavy atom. The molecule has 0 amide bonds. The molecule has 0 saturated carbocycles. The number of hydrogen-bond donors (Lipinski definition) is 0. The maximum absolute atomic E-state index is 6.54.